The molecule has 3 rings (SSSR count). The average molecular weight is 219 g/mol. The van der Waals surface area contributed by atoms with Crippen molar-refractivity contribution in [2.45, 2.75) is 32.0 Å². The number of nitrogens with one attached hydrogen (secondary N) is 1. The fraction of sp³-hybridized carbons (Fsp3) is 0.538. The minimum absolute atomic E-state index is 0.0976. The number of benzene rings is 1. The summed E-state index contributed by atoms with van der Waals surface area (Å²) in [5.41, 5.74) is 1.12. The molecule has 2 heterocycles. The highest BCUT2D eigenvalue weighted by molar-refractivity contribution is 5.48. The third-order valence-electron chi connectivity index (χ3n) is 3.12. The molecule has 3 heteroatoms. The highest BCUT2D eigenvalue weighted by Crippen LogP contribution is 2.40. The molecule has 0 bridgehead atoms. The van der Waals surface area contributed by atoms with Crippen LogP contribution in [0.25, 0.3) is 0 Å². The van der Waals surface area contributed by atoms with Crippen molar-refractivity contribution in [1.82, 2.24) is 5.32 Å². The smallest absolute Gasteiger partial charge is 0.127 e. The second-order valence-electron chi connectivity index (χ2n) is 5.17. The number of hydrogen-bond donors (Lipinski definition) is 1. The van der Waals surface area contributed by atoms with Crippen LogP contribution >= 0.6 is 0 Å². The zero-order valence-corrected chi connectivity index (χ0v) is 9.75. The Kier molecular flexibility index (Phi) is 2.11. The van der Waals surface area contributed by atoms with Gasteiger partial charge in [0.05, 0.1) is 0 Å². The third kappa shape index (κ3) is 1.65. The lowest BCUT2D eigenvalue weighted by Crippen LogP contribution is -2.50. The van der Waals surface area contributed by atoms with Crippen LogP contribution in [0.5, 0.6) is 11.5 Å². The van der Waals surface area contributed by atoms with Gasteiger partial charge in [-0.3, -0.25) is 0 Å². The molecule has 3 nitrogen and oxygen atoms in total. The van der Waals surface area contributed by atoms with Crippen molar-refractivity contribution in [1.29, 1.82) is 0 Å². The molecule has 0 spiro atoms. The first-order valence-electron chi connectivity index (χ1n) is 5.82. The van der Waals surface area contributed by atoms with Crippen LogP contribution in [0.4, 0.5) is 0 Å². The number of hydrogen-bond acceptors (Lipinski definition) is 3. The van der Waals surface area contributed by atoms with Gasteiger partial charge in [-0.15, -0.1) is 0 Å². The van der Waals surface area contributed by atoms with Crippen LogP contribution in [0.1, 0.15) is 19.4 Å². The van der Waals surface area contributed by atoms with E-state index in [1.165, 1.54) is 5.56 Å². The predicted octanol–water partition coefficient (Wildman–Crippen LogP) is 1.75. The Labute approximate surface area is 95.8 Å². The monoisotopic (exact) mass is 219 g/mol. The Morgan fingerprint density at radius 3 is 2.88 bits per heavy atom. The van der Waals surface area contributed by atoms with E-state index in [-0.39, 0.29) is 5.60 Å². The molecule has 16 heavy (non-hydrogen) atoms. The third-order valence-corrected chi connectivity index (χ3v) is 3.12. The summed E-state index contributed by atoms with van der Waals surface area (Å²) in [5.74, 6) is 1.98. The van der Waals surface area contributed by atoms with Crippen LogP contribution in [-0.4, -0.2) is 24.8 Å². The van der Waals surface area contributed by atoms with Crippen molar-refractivity contribution in [3.63, 3.8) is 0 Å². The lowest BCUT2D eigenvalue weighted by atomic mass is 10.0. The first kappa shape index (κ1) is 9.97. The van der Waals surface area contributed by atoms with Crippen molar-refractivity contribution in [2.75, 3.05) is 13.1 Å². The Balaban J connectivity index is 1.87. The lowest BCUT2D eigenvalue weighted by Gasteiger charge is -2.28. The Bertz CT molecular complexity index is 410. The summed E-state index contributed by atoms with van der Waals surface area (Å²) in [6.45, 7) is 6.13. The molecular weight excluding hydrogens is 202 g/mol. The summed E-state index contributed by atoms with van der Waals surface area (Å²) < 4.78 is 11.8. The van der Waals surface area contributed by atoms with E-state index >= 15 is 0 Å². The summed E-state index contributed by atoms with van der Waals surface area (Å²) in [4.78, 5) is 0. The van der Waals surface area contributed by atoms with Gasteiger partial charge in [-0.1, -0.05) is 6.07 Å². The minimum atomic E-state index is -0.0976. The molecule has 2 aliphatic heterocycles. The van der Waals surface area contributed by atoms with Crippen LogP contribution < -0.4 is 14.8 Å². The van der Waals surface area contributed by atoms with Gasteiger partial charge in [-0.05, 0) is 26.0 Å². The van der Waals surface area contributed by atoms with E-state index in [1.54, 1.807) is 0 Å². The quantitative estimate of drug-likeness (QED) is 0.822. The van der Waals surface area contributed by atoms with E-state index in [1.807, 2.05) is 18.2 Å². The van der Waals surface area contributed by atoms with Crippen LogP contribution in [0, 0.1) is 0 Å². The van der Waals surface area contributed by atoms with E-state index in [4.69, 9.17) is 9.47 Å². The second-order valence-corrected chi connectivity index (χ2v) is 5.17. The summed E-state index contributed by atoms with van der Waals surface area (Å²) in [6, 6.07) is 6.07. The Hall–Kier alpha value is -1.22. The Morgan fingerprint density at radius 2 is 2.19 bits per heavy atom. The fourth-order valence-electron chi connectivity index (χ4n) is 2.21. The summed E-state index contributed by atoms with van der Waals surface area (Å²) >= 11 is 0. The van der Waals surface area contributed by atoms with Crippen molar-refractivity contribution in [3.8, 4) is 11.5 Å². The van der Waals surface area contributed by atoms with Gasteiger partial charge in [0.15, 0.2) is 0 Å². The average Bonchev–Trinajstić information content (AvgIpc) is 2.46. The second kappa shape index (κ2) is 3.39. The van der Waals surface area contributed by atoms with Crippen molar-refractivity contribution >= 4 is 0 Å². The van der Waals surface area contributed by atoms with Crippen LogP contribution in [-0.2, 0) is 6.42 Å². The van der Waals surface area contributed by atoms with Crippen molar-refractivity contribution in [2.24, 2.45) is 0 Å². The van der Waals surface area contributed by atoms with Crippen LogP contribution in [0.3, 0.4) is 0 Å². The molecule has 1 N–H and O–H groups in total. The zero-order valence-electron chi connectivity index (χ0n) is 9.75. The van der Waals surface area contributed by atoms with Crippen molar-refractivity contribution in [3.05, 3.63) is 23.8 Å². The van der Waals surface area contributed by atoms with E-state index < -0.39 is 0 Å². The van der Waals surface area contributed by atoms with Crippen LogP contribution in [0.2, 0.25) is 0 Å². The van der Waals surface area contributed by atoms with Gasteiger partial charge in [0.1, 0.15) is 23.2 Å². The maximum atomic E-state index is 5.94. The molecule has 86 valence electrons. The molecule has 0 unspecified atom stereocenters. The molecule has 0 aliphatic carbocycles. The van der Waals surface area contributed by atoms with Gasteiger partial charge < -0.3 is 14.8 Å². The molecule has 0 saturated carbocycles. The van der Waals surface area contributed by atoms with E-state index in [9.17, 15) is 0 Å². The first-order valence-corrected chi connectivity index (χ1v) is 5.82. The van der Waals surface area contributed by atoms with Crippen molar-refractivity contribution < 1.29 is 9.47 Å². The Morgan fingerprint density at radius 1 is 1.38 bits per heavy atom. The summed E-state index contributed by atoms with van der Waals surface area (Å²) in [6.07, 6.45) is 1.26. The highest BCUT2D eigenvalue weighted by Gasteiger charge is 2.33. The van der Waals surface area contributed by atoms with Crippen LogP contribution in [0.15, 0.2) is 18.2 Å². The van der Waals surface area contributed by atoms with E-state index in [0.29, 0.717) is 6.10 Å². The maximum absolute atomic E-state index is 5.94. The number of rotatable bonds is 2. The van der Waals surface area contributed by atoms with Gasteiger partial charge in [-0.25, -0.2) is 0 Å². The lowest BCUT2D eigenvalue weighted by molar-refractivity contribution is 0.136. The molecular formula is C13H17NO2. The van der Waals surface area contributed by atoms with Gasteiger partial charge >= 0.3 is 0 Å². The molecule has 1 saturated heterocycles. The topological polar surface area (TPSA) is 30.5 Å². The predicted molar refractivity (Wildman–Crippen MR) is 62.1 cm³/mol. The molecule has 1 aromatic carbocycles. The molecule has 0 atom stereocenters. The first-order chi connectivity index (χ1) is 7.64. The van der Waals surface area contributed by atoms with Gasteiger partial charge in [0.25, 0.3) is 0 Å². The van der Waals surface area contributed by atoms with Gasteiger partial charge in [-0.2, -0.15) is 0 Å². The molecule has 1 fully saturated rings. The maximum Gasteiger partial charge on any atom is 0.127 e. The standard InChI is InChI=1S/C13H17NO2/c1-13(2)6-10-11(15-9-7-14-8-9)4-3-5-12(10)16-13/h3-5,9,14H,6-8H2,1-2H3. The summed E-state index contributed by atoms with van der Waals surface area (Å²) in [5, 5.41) is 3.21. The molecule has 0 radical (unpaired) electrons. The fourth-order valence-corrected chi connectivity index (χ4v) is 2.21. The number of fused-ring (bicyclic) bond motifs is 1. The normalized spacial score (nSPS) is 22.1. The molecule has 0 amide bonds. The molecule has 0 aromatic heterocycles. The molecule has 1 aromatic rings. The van der Waals surface area contributed by atoms with E-state index in [0.717, 1.165) is 31.0 Å². The summed E-state index contributed by atoms with van der Waals surface area (Å²) in [7, 11) is 0. The largest absolute Gasteiger partial charge is 0.487 e. The highest BCUT2D eigenvalue weighted by atomic mass is 16.5. The minimum Gasteiger partial charge on any atom is -0.487 e. The molecule has 2 aliphatic rings. The SMILES string of the molecule is CC1(C)Cc2c(OC3CNC3)cccc2O1. The zero-order chi connectivity index (χ0) is 11.2. The van der Waals surface area contributed by atoms with Gasteiger partial charge in [0, 0.05) is 25.1 Å². The van der Waals surface area contributed by atoms with Gasteiger partial charge in [0.2, 0.25) is 0 Å². The number of ether oxygens (including phenoxy) is 2. The van der Waals surface area contributed by atoms with E-state index in [2.05, 4.69) is 19.2 Å².